The summed E-state index contributed by atoms with van der Waals surface area (Å²) in [4.78, 5) is 25.8. The van der Waals surface area contributed by atoms with E-state index in [2.05, 4.69) is 55.4 Å². The second-order valence-corrected chi connectivity index (χ2v) is 17.0. The van der Waals surface area contributed by atoms with Gasteiger partial charge in [0.2, 0.25) is 0 Å². The maximum atomic E-state index is 12.8. The van der Waals surface area contributed by atoms with E-state index in [1.807, 2.05) is 76.2 Å². The molecule has 2 aromatic carbocycles. The first kappa shape index (κ1) is 37.1. The van der Waals surface area contributed by atoms with E-state index < -0.39 is 5.41 Å². The lowest BCUT2D eigenvalue weighted by Crippen LogP contribution is -2.36. The van der Waals surface area contributed by atoms with Crippen molar-refractivity contribution in [3.63, 3.8) is 0 Å². The van der Waals surface area contributed by atoms with Crippen molar-refractivity contribution in [1.29, 1.82) is 0 Å². The Hall–Kier alpha value is -1.92. The minimum Gasteiger partial charge on any atom is -0.497 e. The van der Waals surface area contributed by atoms with Crippen LogP contribution >= 0.6 is 21.6 Å². The topological polar surface area (TPSA) is 52.6 Å². The summed E-state index contributed by atoms with van der Waals surface area (Å²) in [5, 5.41) is 0. The number of hydrogen-bond donors (Lipinski definition) is 0. The van der Waals surface area contributed by atoms with E-state index >= 15 is 0 Å². The molecule has 4 nitrogen and oxygen atoms in total. The molecule has 0 heterocycles. The van der Waals surface area contributed by atoms with E-state index in [9.17, 15) is 9.59 Å². The van der Waals surface area contributed by atoms with Gasteiger partial charge in [-0.05, 0) is 97.9 Å². The van der Waals surface area contributed by atoms with Gasteiger partial charge in [-0.1, -0.05) is 90.8 Å². The molecule has 6 heteroatoms. The van der Waals surface area contributed by atoms with Crippen LogP contribution in [-0.4, -0.2) is 19.4 Å². The summed E-state index contributed by atoms with van der Waals surface area (Å²) in [5.41, 5.74) is -0.213. The van der Waals surface area contributed by atoms with E-state index in [-0.39, 0.29) is 22.7 Å². The summed E-state index contributed by atoms with van der Waals surface area (Å²) in [5.74, 6) is 1.94. The number of aldehydes is 1. The number of ether oxygens (including phenoxy) is 2. The van der Waals surface area contributed by atoms with Gasteiger partial charge in [-0.15, -0.1) is 0 Å². The van der Waals surface area contributed by atoms with Gasteiger partial charge in [0.05, 0.1) is 12.5 Å². The largest absolute Gasteiger partial charge is 0.497 e. The fraction of sp³-hybridized carbons (Fsp3) is 0.600. The average Bonchev–Trinajstić information content (AvgIpc) is 2.87. The highest BCUT2D eigenvalue weighted by molar-refractivity contribution is 8.76. The summed E-state index contributed by atoms with van der Waals surface area (Å²) >= 11 is 0. The molecule has 0 amide bonds. The number of carbonyl (C=O) groups is 2. The predicted molar refractivity (Wildman–Crippen MR) is 177 cm³/mol. The summed E-state index contributed by atoms with van der Waals surface area (Å²) in [6.45, 7) is 25.5. The van der Waals surface area contributed by atoms with Gasteiger partial charge >= 0.3 is 5.97 Å². The first-order valence-electron chi connectivity index (χ1n) is 14.5. The van der Waals surface area contributed by atoms with Crippen molar-refractivity contribution in [3.8, 4) is 11.5 Å². The van der Waals surface area contributed by atoms with Crippen molar-refractivity contribution >= 4 is 33.8 Å². The Labute approximate surface area is 258 Å². The third kappa shape index (κ3) is 13.7. The molecule has 0 bridgehead atoms. The van der Waals surface area contributed by atoms with Crippen LogP contribution in [0.5, 0.6) is 11.5 Å². The first-order valence-corrected chi connectivity index (χ1v) is 16.6. The van der Waals surface area contributed by atoms with Crippen molar-refractivity contribution in [3.05, 3.63) is 48.5 Å². The van der Waals surface area contributed by atoms with Gasteiger partial charge < -0.3 is 14.3 Å². The van der Waals surface area contributed by atoms with Crippen LogP contribution in [0.2, 0.25) is 0 Å². The van der Waals surface area contributed by atoms with Crippen LogP contribution in [0, 0.1) is 33.5 Å². The molecule has 2 unspecified atom stereocenters. The molecular formula is C35H54O4S2. The zero-order valence-corrected chi connectivity index (χ0v) is 29.3. The number of hydrogen-bond acceptors (Lipinski definition) is 6. The van der Waals surface area contributed by atoms with E-state index in [0.717, 1.165) is 34.7 Å². The minimum absolute atomic E-state index is 0.173. The van der Waals surface area contributed by atoms with Crippen LogP contribution in [0.15, 0.2) is 58.3 Å². The van der Waals surface area contributed by atoms with Gasteiger partial charge in [0.15, 0.2) is 0 Å². The summed E-state index contributed by atoms with van der Waals surface area (Å²) < 4.78 is 10.9. The molecule has 0 saturated carbocycles. The van der Waals surface area contributed by atoms with Gasteiger partial charge in [-0.2, -0.15) is 0 Å². The maximum Gasteiger partial charge on any atom is 0.317 e. The second-order valence-electron chi connectivity index (χ2n) is 14.7. The molecule has 0 radical (unpaired) electrons. The fourth-order valence-electron chi connectivity index (χ4n) is 4.20. The molecule has 2 atom stereocenters. The number of methoxy groups -OCH3 is 1. The smallest absolute Gasteiger partial charge is 0.317 e. The quantitative estimate of drug-likeness (QED) is 0.110. The standard InChI is InChI=1S/C24H32O3S2.C11H22O/c1-17(16-23(2,3)4)24(5,6)22(25)27-19-10-14-21(15-11-19)29-28-20-12-8-18(26-7)9-13-20;1-9(7-10(2,3)4)11(5,6)8-12/h8-15,17H,16H2,1-7H3;8-9H,7H2,1-6H3. The van der Waals surface area contributed by atoms with Crippen molar-refractivity contribution in [2.24, 2.45) is 33.5 Å². The molecule has 41 heavy (non-hydrogen) atoms. The molecule has 2 rings (SSSR count). The maximum absolute atomic E-state index is 12.8. The Morgan fingerprint density at radius 1 is 0.707 bits per heavy atom. The van der Waals surface area contributed by atoms with Gasteiger partial charge in [-0.3, -0.25) is 4.79 Å². The fourth-order valence-corrected chi connectivity index (χ4v) is 6.13. The summed E-state index contributed by atoms with van der Waals surface area (Å²) in [7, 11) is 5.01. The average molecular weight is 603 g/mol. The SMILES string of the molecule is CC(CC(C)(C)C)C(C)(C)C=O.COc1ccc(SSc2ccc(OC(=O)C(C)(C)C(C)CC(C)(C)C)cc2)cc1. The Kier molecular flexibility index (Phi) is 14.0. The van der Waals surface area contributed by atoms with Gasteiger partial charge in [0.25, 0.3) is 0 Å². The third-order valence-corrected chi connectivity index (χ3v) is 9.91. The molecule has 0 aliphatic rings. The Morgan fingerprint density at radius 3 is 1.46 bits per heavy atom. The molecule has 0 saturated heterocycles. The molecule has 0 aromatic heterocycles. The highest BCUT2D eigenvalue weighted by Gasteiger charge is 2.37. The number of benzene rings is 2. The number of esters is 1. The Bertz CT molecular complexity index is 1080. The molecule has 0 aliphatic heterocycles. The number of rotatable bonds is 11. The third-order valence-electron chi connectivity index (χ3n) is 7.50. The van der Waals surface area contributed by atoms with Crippen LogP contribution in [0.4, 0.5) is 0 Å². The molecule has 0 aliphatic carbocycles. The minimum atomic E-state index is -0.537. The van der Waals surface area contributed by atoms with E-state index in [1.165, 1.54) is 0 Å². The number of carbonyl (C=O) groups excluding carboxylic acids is 2. The molecule has 0 fully saturated rings. The molecular weight excluding hydrogens is 549 g/mol. The zero-order chi connectivity index (χ0) is 31.6. The Balaban J connectivity index is 0.000000590. The predicted octanol–water partition coefficient (Wildman–Crippen LogP) is 10.8. The summed E-state index contributed by atoms with van der Waals surface area (Å²) in [6, 6.07) is 15.7. The van der Waals surface area contributed by atoms with Crippen LogP contribution < -0.4 is 9.47 Å². The zero-order valence-electron chi connectivity index (χ0n) is 27.7. The Morgan fingerprint density at radius 2 is 1.10 bits per heavy atom. The van der Waals surface area contributed by atoms with Crippen molar-refractivity contribution < 1.29 is 19.1 Å². The van der Waals surface area contributed by atoms with Crippen LogP contribution in [0.25, 0.3) is 0 Å². The van der Waals surface area contributed by atoms with Crippen LogP contribution in [0.1, 0.15) is 95.9 Å². The van der Waals surface area contributed by atoms with E-state index in [4.69, 9.17) is 9.47 Å². The summed E-state index contributed by atoms with van der Waals surface area (Å²) in [6.07, 6.45) is 3.13. The van der Waals surface area contributed by atoms with Gasteiger partial charge in [-0.25, -0.2) is 0 Å². The first-order chi connectivity index (χ1) is 18.7. The van der Waals surface area contributed by atoms with Crippen LogP contribution in [0.3, 0.4) is 0 Å². The molecule has 0 N–H and O–H groups in total. The van der Waals surface area contributed by atoms with Crippen LogP contribution in [-0.2, 0) is 9.59 Å². The van der Waals surface area contributed by atoms with Crippen molar-refractivity contribution in [2.45, 2.75) is 106 Å². The normalized spacial score (nSPS) is 13.9. The van der Waals surface area contributed by atoms with E-state index in [1.54, 1.807) is 28.7 Å². The van der Waals surface area contributed by atoms with Gasteiger partial charge in [0.1, 0.15) is 17.8 Å². The van der Waals surface area contributed by atoms with Crippen molar-refractivity contribution in [2.75, 3.05) is 7.11 Å². The molecule has 0 spiro atoms. The monoisotopic (exact) mass is 602 g/mol. The lowest BCUT2D eigenvalue weighted by molar-refractivity contribution is -0.147. The highest BCUT2D eigenvalue weighted by atomic mass is 33.1. The van der Waals surface area contributed by atoms with Crippen molar-refractivity contribution in [1.82, 2.24) is 0 Å². The van der Waals surface area contributed by atoms with E-state index in [0.29, 0.717) is 17.1 Å². The highest BCUT2D eigenvalue weighted by Crippen LogP contribution is 2.40. The lowest BCUT2D eigenvalue weighted by atomic mass is 9.72. The lowest BCUT2D eigenvalue weighted by Gasteiger charge is -2.33. The molecule has 230 valence electrons. The second kappa shape index (κ2) is 15.5. The van der Waals surface area contributed by atoms with Gasteiger partial charge in [0, 0.05) is 15.2 Å². The molecule has 2 aromatic rings.